The van der Waals surface area contributed by atoms with Gasteiger partial charge >= 0.3 is 0 Å². The van der Waals surface area contributed by atoms with Crippen molar-refractivity contribution < 1.29 is 4.79 Å². The van der Waals surface area contributed by atoms with Crippen molar-refractivity contribution in [2.24, 2.45) is 0 Å². The van der Waals surface area contributed by atoms with Crippen LogP contribution in [-0.2, 0) is 0 Å². The average Bonchev–Trinajstić information content (AvgIpc) is 3.25. The lowest BCUT2D eigenvalue weighted by Crippen LogP contribution is -2.30. The molecular formula is C22H23N9OS. The Morgan fingerprint density at radius 2 is 2.03 bits per heavy atom. The van der Waals surface area contributed by atoms with Crippen molar-refractivity contribution in [3.05, 3.63) is 47.9 Å². The number of nitrogens with one attached hydrogen (secondary N) is 2. The number of hydrogen-bond acceptors (Lipinski definition) is 8. The van der Waals surface area contributed by atoms with Gasteiger partial charge in [0.15, 0.2) is 10.8 Å². The molecule has 0 aromatic carbocycles. The third-order valence-electron chi connectivity index (χ3n) is 6.03. The predicted molar refractivity (Wildman–Crippen MR) is 125 cm³/mol. The maximum Gasteiger partial charge on any atom is 0.275 e. The molecule has 168 valence electrons. The first-order valence-electron chi connectivity index (χ1n) is 11.2. The van der Waals surface area contributed by atoms with E-state index in [1.807, 2.05) is 23.2 Å². The molecule has 0 spiro atoms. The molecule has 1 amide bonds. The van der Waals surface area contributed by atoms with Crippen molar-refractivity contribution in [2.75, 3.05) is 23.3 Å². The summed E-state index contributed by atoms with van der Waals surface area (Å²) in [5, 5.41) is 13.0. The molecule has 1 saturated carbocycles. The number of hydrogen-bond donors (Lipinski definition) is 2. The number of aromatic amines is 1. The summed E-state index contributed by atoms with van der Waals surface area (Å²) in [7, 11) is 0. The van der Waals surface area contributed by atoms with E-state index in [9.17, 15) is 4.79 Å². The summed E-state index contributed by atoms with van der Waals surface area (Å²) in [4.78, 5) is 31.8. The summed E-state index contributed by atoms with van der Waals surface area (Å²) >= 11 is 1.38. The molecule has 2 fully saturated rings. The van der Waals surface area contributed by atoms with Crippen LogP contribution in [-0.4, -0.2) is 53.7 Å². The largest absolute Gasteiger partial charge is 0.369 e. The number of H-pyrrole nitrogens is 1. The van der Waals surface area contributed by atoms with Gasteiger partial charge < -0.3 is 19.8 Å². The van der Waals surface area contributed by atoms with Crippen LogP contribution in [0.15, 0.2) is 36.5 Å². The van der Waals surface area contributed by atoms with Crippen LogP contribution in [0, 0.1) is 0 Å². The van der Waals surface area contributed by atoms with Gasteiger partial charge in [-0.25, -0.2) is 15.0 Å². The fraction of sp³-hybridized carbons (Fsp3) is 0.364. The van der Waals surface area contributed by atoms with Crippen LogP contribution in [0.4, 0.5) is 11.5 Å². The maximum atomic E-state index is 13.0. The van der Waals surface area contributed by atoms with Crippen molar-refractivity contribution >= 4 is 28.7 Å². The zero-order valence-electron chi connectivity index (χ0n) is 17.9. The molecule has 11 heteroatoms. The molecule has 1 aliphatic carbocycles. The highest BCUT2D eigenvalue weighted by Gasteiger charge is 2.27. The summed E-state index contributed by atoms with van der Waals surface area (Å²) in [5.74, 6) is 1.28. The lowest BCUT2D eigenvalue weighted by molar-refractivity contribution is 0.102. The first-order chi connectivity index (χ1) is 16.2. The number of rotatable bonds is 6. The van der Waals surface area contributed by atoms with Crippen molar-refractivity contribution in [1.82, 2.24) is 34.7 Å². The zero-order valence-corrected chi connectivity index (χ0v) is 18.8. The molecule has 2 aliphatic rings. The number of pyridine rings is 1. The predicted octanol–water partition coefficient (Wildman–Crippen LogP) is 3.63. The number of nitrogens with zero attached hydrogens (tertiary/aromatic N) is 7. The number of carbonyl (C=O) groups excluding carboxylic acids is 1. The second-order valence-electron chi connectivity index (χ2n) is 8.42. The highest BCUT2D eigenvalue weighted by atomic mass is 32.1. The summed E-state index contributed by atoms with van der Waals surface area (Å²) in [5.41, 5.74) is 3.41. The molecule has 4 aromatic heterocycles. The highest BCUT2D eigenvalue weighted by Crippen LogP contribution is 2.39. The van der Waals surface area contributed by atoms with Gasteiger partial charge in [0, 0.05) is 30.6 Å². The highest BCUT2D eigenvalue weighted by molar-refractivity contribution is 7.13. The second-order valence-corrected chi connectivity index (χ2v) is 9.27. The molecule has 0 unspecified atom stereocenters. The Kier molecular flexibility index (Phi) is 5.10. The molecule has 2 N–H and O–H groups in total. The van der Waals surface area contributed by atoms with Gasteiger partial charge in [0.05, 0.1) is 29.6 Å². The molecule has 1 saturated heterocycles. The topological polar surface area (TPSA) is 118 Å². The van der Waals surface area contributed by atoms with E-state index in [-0.39, 0.29) is 5.91 Å². The molecule has 0 atom stereocenters. The van der Waals surface area contributed by atoms with Crippen LogP contribution in [0.3, 0.4) is 0 Å². The van der Waals surface area contributed by atoms with Gasteiger partial charge in [-0.1, -0.05) is 0 Å². The number of thiazole rings is 1. The zero-order chi connectivity index (χ0) is 22.2. The first kappa shape index (κ1) is 20.0. The molecule has 6 rings (SSSR count). The van der Waals surface area contributed by atoms with Gasteiger partial charge in [-0.2, -0.15) is 0 Å². The standard InChI is InChI=1S/C22H23N9OS/c32-21(27-19-11-33-22(28-19)20-24-12-26-29-20)15-8-17(31-10-16(25-13-31)14-4-5-14)18(9-23-15)30-6-2-1-3-7-30/h8-14H,1-7H2,(H,27,32)(H,24,26,29). The van der Waals surface area contributed by atoms with Gasteiger partial charge in [0.1, 0.15) is 17.8 Å². The molecule has 33 heavy (non-hydrogen) atoms. The van der Waals surface area contributed by atoms with E-state index in [1.54, 1.807) is 5.38 Å². The van der Waals surface area contributed by atoms with Crippen molar-refractivity contribution in [2.45, 2.75) is 38.0 Å². The van der Waals surface area contributed by atoms with E-state index in [4.69, 9.17) is 0 Å². The fourth-order valence-electron chi connectivity index (χ4n) is 4.14. The SMILES string of the molecule is O=C(Nc1csc(-c2nnc[nH]2)n1)c1cc(-n2cnc(C3CC3)c2)c(N2CCCCC2)cn1. The Hall–Kier alpha value is -3.60. The minimum Gasteiger partial charge on any atom is -0.369 e. The number of imidazole rings is 1. The number of piperidine rings is 1. The molecule has 4 aromatic rings. The third kappa shape index (κ3) is 4.11. The number of amides is 1. The molecular weight excluding hydrogens is 438 g/mol. The summed E-state index contributed by atoms with van der Waals surface area (Å²) in [6.45, 7) is 1.99. The molecule has 0 radical (unpaired) electrons. The minimum absolute atomic E-state index is 0.307. The Morgan fingerprint density at radius 3 is 2.82 bits per heavy atom. The van der Waals surface area contributed by atoms with E-state index < -0.39 is 0 Å². The van der Waals surface area contributed by atoms with Crippen molar-refractivity contribution in [3.63, 3.8) is 0 Å². The van der Waals surface area contributed by atoms with Gasteiger partial charge in [-0.3, -0.25) is 4.79 Å². The maximum absolute atomic E-state index is 13.0. The van der Waals surface area contributed by atoms with Crippen LogP contribution in [0.5, 0.6) is 0 Å². The minimum atomic E-state index is -0.307. The van der Waals surface area contributed by atoms with Gasteiger partial charge in [-0.05, 0) is 38.2 Å². The van der Waals surface area contributed by atoms with Crippen LogP contribution in [0.2, 0.25) is 0 Å². The second kappa shape index (κ2) is 8.39. The van der Waals surface area contributed by atoms with E-state index in [1.165, 1.54) is 36.9 Å². The lowest BCUT2D eigenvalue weighted by atomic mass is 10.1. The van der Waals surface area contributed by atoms with Crippen LogP contribution in [0.1, 0.15) is 54.2 Å². The number of carbonyl (C=O) groups is 1. The first-order valence-corrected chi connectivity index (χ1v) is 12.0. The van der Waals surface area contributed by atoms with Crippen molar-refractivity contribution in [1.29, 1.82) is 0 Å². The van der Waals surface area contributed by atoms with Crippen molar-refractivity contribution in [3.8, 4) is 16.5 Å². The van der Waals surface area contributed by atoms with Gasteiger partial charge in [0.25, 0.3) is 5.91 Å². The van der Waals surface area contributed by atoms with E-state index in [2.05, 4.69) is 46.5 Å². The molecule has 5 heterocycles. The van der Waals surface area contributed by atoms with E-state index >= 15 is 0 Å². The van der Waals surface area contributed by atoms with Gasteiger partial charge in [-0.15, -0.1) is 21.5 Å². The van der Waals surface area contributed by atoms with Gasteiger partial charge in [0.2, 0.25) is 0 Å². The van der Waals surface area contributed by atoms with Crippen LogP contribution >= 0.6 is 11.3 Å². The summed E-state index contributed by atoms with van der Waals surface area (Å²) in [6.07, 6.45) is 13.2. The monoisotopic (exact) mass is 461 g/mol. The lowest BCUT2D eigenvalue weighted by Gasteiger charge is -2.30. The molecule has 10 nitrogen and oxygen atoms in total. The van der Waals surface area contributed by atoms with E-state index in [0.717, 1.165) is 43.0 Å². The normalized spacial score (nSPS) is 16.2. The van der Waals surface area contributed by atoms with Crippen LogP contribution in [0.25, 0.3) is 16.5 Å². The number of aromatic nitrogens is 7. The Labute approximate surface area is 194 Å². The smallest absolute Gasteiger partial charge is 0.275 e. The third-order valence-corrected chi connectivity index (χ3v) is 6.88. The molecule has 1 aliphatic heterocycles. The summed E-state index contributed by atoms with van der Waals surface area (Å²) in [6, 6.07) is 1.85. The quantitative estimate of drug-likeness (QED) is 0.450. The van der Waals surface area contributed by atoms with E-state index in [0.29, 0.717) is 28.3 Å². The Morgan fingerprint density at radius 1 is 1.15 bits per heavy atom. The Bertz CT molecular complexity index is 1270. The number of anilines is 2. The fourth-order valence-corrected chi connectivity index (χ4v) is 4.83. The Balaban J connectivity index is 1.29. The summed E-state index contributed by atoms with van der Waals surface area (Å²) < 4.78 is 2.03. The average molecular weight is 462 g/mol. The molecule has 0 bridgehead atoms. The van der Waals surface area contributed by atoms with Crippen LogP contribution < -0.4 is 10.2 Å².